The lowest BCUT2D eigenvalue weighted by atomic mass is 10.5. The van der Waals surface area contributed by atoms with Crippen molar-refractivity contribution in [2.45, 2.75) is 6.41 Å². The van der Waals surface area contributed by atoms with Gasteiger partial charge in [0.2, 0.25) is 0 Å². The number of rotatable bonds is 0. The first-order valence-electron chi connectivity index (χ1n) is 2.84. The van der Waals surface area contributed by atoms with Gasteiger partial charge in [0.15, 0.2) is 0 Å². The smallest absolute Gasteiger partial charge is 0.287 e. The minimum atomic E-state index is -1.13. The van der Waals surface area contributed by atoms with E-state index in [1.165, 1.54) is 17.2 Å². The number of aliphatic hydroxyl groups is 1. The number of carbonyl (C=O) groups excluding carboxylic acids is 1. The second kappa shape index (κ2) is 1.60. The summed E-state index contributed by atoms with van der Waals surface area (Å²) >= 11 is 0. The summed E-state index contributed by atoms with van der Waals surface area (Å²) in [5.41, 5.74) is 0.609. The number of nitrogens with zero attached hydrogens (tertiary/aromatic N) is 1. The van der Waals surface area contributed by atoms with Gasteiger partial charge < -0.3 is 9.84 Å². The van der Waals surface area contributed by atoms with Crippen molar-refractivity contribution in [1.29, 1.82) is 0 Å². The molecule has 1 N–H and O–H groups in total. The Bertz CT molecular complexity index is 243. The summed E-state index contributed by atoms with van der Waals surface area (Å²) < 4.78 is 4.64. The molecule has 0 spiro atoms. The van der Waals surface area contributed by atoms with Gasteiger partial charge in [-0.05, 0) is 6.08 Å². The van der Waals surface area contributed by atoms with Crippen molar-refractivity contribution in [1.82, 2.24) is 4.90 Å². The molecule has 2 heterocycles. The van der Waals surface area contributed by atoms with Crippen LogP contribution >= 0.6 is 0 Å². The molecular formula is C6H5NO3. The Kier molecular flexibility index (Phi) is 0.881. The van der Waals surface area contributed by atoms with E-state index in [0.29, 0.717) is 5.70 Å². The van der Waals surface area contributed by atoms with E-state index in [4.69, 9.17) is 5.11 Å². The van der Waals surface area contributed by atoms with Crippen molar-refractivity contribution < 1.29 is 14.6 Å². The number of ether oxygens (including phenoxy) is 1. The van der Waals surface area contributed by atoms with Crippen LogP contribution in [-0.2, 0) is 9.53 Å². The molecular weight excluding hydrogens is 134 g/mol. The lowest BCUT2D eigenvalue weighted by Gasteiger charge is -2.14. The molecule has 0 aromatic heterocycles. The standard InChI is InChI=1S/C6H5NO3/c8-5-2-1-4-3-10-6(9)7(4)5/h1-3,6,9H. The first-order chi connectivity index (χ1) is 4.79. The highest BCUT2D eigenvalue weighted by Gasteiger charge is 2.32. The third-order valence-electron chi connectivity index (χ3n) is 1.44. The van der Waals surface area contributed by atoms with Gasteiger partial charge >= 0.3 is 0 Å². The average Bonchev–Trinajstić information content (AvgIpc) is 2.40. The predicted molar refractivity (Wildman–Crippen MR) is 31.2 cm³/mol. The van der Waals surface area contributed by atoms with Crippen LogP contribution in [0.1, 0.15) is 0 Å². The van der Waals surface area contributed by atoms with E-state index in [-0.39, 0.29) is 5.91 Å². The quantitative estimate of drug-likeness (QED) is 0.493. The monoisotopic (exact) mass is 139 g/mol. The zero-order valence-corrected chi connectivity index (χ0v) is 5.02. The predicted octanol–water partition coefficient (Wildman–Crippen LogP) is -0.468. The Balaban J connectivity index is 2.36. The van der Waals surface area contributed by atoms with Crippen LogP contribution in [0.4, 0.5) is 0 Å². The molecule has 1 amide bonds. The zero-order chi connectivity index (χ0) is 7.14. The van der Waals surface area contributed by atoms with Crippen LogP contribution in [0.15, 0.2) is 24.1 Å². The number of hydrogen-bond donors (Lipinski definition) is 1. The van der Waals surface area contributed by atoms with Crippen molar-refractivity contribution >= 4 is 5.91 Å². The SMILES string of the molecule is O=C1C=CC2=COC(O)N12. The molecule has 2 rings (SSSR count). The fourth-order valence-electron chi connectivity index (χ4n) is 0.968. The van der Waals surface area contributed by atoms with Gasteiger partial charge in [0, 0.05) is 6.08 Å². The molecule has 10 heavy (non-hydrogen) atoms. The van der Waals surface area contributed by atoms with Crippen LogP contribution in [0.25, 0.3) is 0 Å². The van der Waals surface area contributed by atoms with Crippen LogP contribution < -0.4 is 0 Å². The van der Waals surface area contributed by atoms with Crippen molar-refractivity contribution in [3.63, 3.8) is 0 Å². The molecule has 2 aliphatic rings. The third-order valence-corrected chi connectivity index (χ3v) is 1.44. The molecule has 0 fully saturated rings. The third kappa shape index (κ3) is 0.510. The van der Waals surface area contributed by atoms with E-state index in [1.807, 2.05) is 0 Å². The van der Waals surface area contributed by atoms with Gasteiger partial charge in [-0.1, -0.05) is 0 Å². The van der Waals surface area contributed by atoms with Gasteiger partial charge in [-0.25, -0.2) is 4.90 Å². The topological polar surface area (TPSA) is 49.8 Å². The van der Waals surface area contributed by atoms with Gasteiger partial charge in [0.05, 0.1) is 5.70 Å². The van der Waals surface area contributed by atoms with E-state index in [9.17, 15) is 4.79 Å². The van der Waals surface area contributed by atoms with Crippen LogP contribution in [0.5, 0.6) is 0 Å². The molecule has 52 valence electrons. The lowest BCUT2D eigenvalue weighted by molar-refractivity contribution is -0.152. The summed E-state index contributed by atoms with van der Waals surface area (Å²) in [6, 6.07) is 0. The maximum Gasteiger partial charge on any atom is 0.287 e. The summed E-state index contributed by atoms with van der Waals surface area (Å²) in [6.07, 6.45) is 3.21. The maximum absolute atomic E-state index is 10.8. The van der Waals surface area contributed by atoms with Crippen LogP contribution in [-0.4, -0.2) is 22.3 Å². The maximum atomic E-state index is 10.8. The Morgan fingerprint density at radius 2 is 2.40 bits per heavy atom. The number of fused-ring (bicyclic) bond motifs is 1. The highest BCUT2D eigenvalue weighted by atomic mass is 16.6. The van der Waals surface area contributed by atoms with Crippen molar-refractivity contribution in [3.8, 4) is 0 Å². The Morgan fingerprint density at radius 1 is 1.60 bits per heavy atom. The molecule has 0 saturated carbocycles. The van der Waals surface area contributed by atoms with E-state index in [0.717, 1.165) is 0 Å². The van der Waals surface area contributed by atoms with Crippen molar-refractivity contribution in [2.24, 2.45) is 0 Å². The average molecular weight is 139 g/mol. The van der Waals surface area contributed by atoms with Crippen LogP contribution in [0.3, 0.4) is 0 Å². The number of amides is 1. The zero-order valence-electron chi connectivity index (χ0n) is 5.02. The van der Waals surface area contributed by atoms with Gasteiger partial charge in [-0.3, -0.25) is 4.79 Å². The number of carbonyl (C=O) groups is 1. The minimum Gasteiger partial charge on any atom is -0.452 e. The minimum absolute atomic E-state index is 0.240. The second-order valence-corrected chi connectivity index (χ2v) is 2.05. The molecule has 0 aromatic carbocycles. The summed E-state index contributed by atoms with van der Waals surface area (Å²) in [4.78, 5) is 12.0. The number of aliphatic hydroxyl groups excluding tert-OH is 1. The molecule has 4 nitrogen and oxygen atoms in total. The molecule has 0 aliphatic carbocycles. The summed E-state index contributed by atoms with van der Waals surface area (Å²) in [5.74, 6) is -0.240. The largest absolute Gasteiger partial charge is 0.452 e. The molecule has 0 radical (unpaired) electrons. The van der Waals surface area contributed by atoms with E-state index >= 15 is 0 Å². The molecule has 0 saturated heterocycles. The molecule has 0 bridgehead atoms. The Hall–Kier alpha value is -1.29. The van der Waals surface area contributed by atoms with Gasteiger partial charge in [-0.2, -0.15) is 0 Å². The van der Waals surface area contributed by atoms with Crippen molar-refractivity contribution in [2.75, 3.05) is 0 Å². The first kappa shape index (κ1) is 5.49. The summed E-state index contributed by atoms with van der Waals surface area (Å²) in [6.45, 7) is 0. The molecule has 2 aliphatic heterocycles. The van der Waals surface area contributed by atoms with E-state index in [1.54, 1.807) is 6.08 Å². The molecule has 4 heteroatoms. The highest BCUT2D eigenvalue weighted by molar-refractivity contribution is 5.93. The summed E-state index contributed by atoms with van der Waals surface area (Å²) in [7, 11) is 0. The lowest BCUT2D eigenvalue weighted by Crippen LogP contribution is -2.31. The fourth-order valence-corrected chi connectivity index (χ4v) is 0.968. The van der Waals surface area contributed by atoms with E-state index < -0.39 is 6.41 Å². The summed E-state index contributed by atoms with van der Waals surface area (Å²) in [5, 5.41) is 8.96. The van der Waals surface area contributed by atoms with Crippen LogP contribution in [0.2, 0.25) is 0 Å². The van der Waals surface area contributed by atoms with Gasteiger partial charge in [-0.15, -0.1) is 0 Å². The molecule has 1 atom stereocenters. The van der Waals surface area contributed by atoms with Crippen LogP contribution in [0, 0.1) is 0 Å². The number of hydrogen-bond acceptors (Lipinski definition) is 3. The van der Waals surface area contributed by atoms with Gasteiger partial charge in [0.1, 0.15) is 6.26 Å². The fraction of sp³-hybridized carbons (Fsp3) is 0.167. The second-order valence-electron chi connectivity index (χ2n) is 2.05. The van der Waals surface area contributed by atoms with Crippen molar-refractivity contribution in [3.05, 3.63) is 24.1 Å². The molecule has 1 unspecified atom stereocenters. The van der Waals surface area contributed by atoms with Gasteiger partial charge in [0.25, 0.3) is 12.3 Å². The highest BCUT2D eigenvalue weighted by Crippen LogP contribution is 2.23. The first-order valence-corrected chi connectivity index (χ1v) is 2.84. The van der Waals surface area contributed by atoms with E-state index in [2.05, 4.69) is 4.74 Å². The normalized spacial score (nSPS) is 28.5. The Labute approximate surface area is 57.0 Å². The Morgan fingerprint density at radius 3 is 3.10 bits per heavy atom. The molecule has 0 aromatic rings. The number of allylic oxidation sites excluding steroid dienone is 1.